The number of hydrogen-bond donors (Lipinski definition) is 6. The third-order valence-corrected chi connectivity index (χ3v) is 17.1. The maximum atomic E-state index is 13.8. The number of carbonyl (C=O) groups is 2. The highest BCUT2D eigenvalue weighted by Gasteiger charge is 2.45. The number of carbonyl (C=O) groups excluding carboxylic acids is 2. The summed E-state index contributed by atoms with van der Waals surface area (Å²) in [7, 11) is -4.44. The number of nitrogens with zero attached hydrogens (tertiary/aromatic N) is 5. The summed E-state index contributed by atoms with van der Waals surface area (Å²) < 4.78 is 49.3. The monoisotopic (exact) mass is 1100 g/mol. The molecule has 3 aliphatic heterocycles. The van der Waals surface area contributed by atoms with Gasteiger partial charge in [-0.3, -0.25) is 14.1 Å². The Labute approximate surface area is 468 Å². The van der Waals surface area contributed by atoms with Crippen molar-refractivity contribution < 1.29 is 41.7 Å². The molecule has 17 nitrogen and oxygen atoms in total. The van der Waals surface area contributed by atoms with Gasteiger partial charge in [0, 0.05) is 79.0 Å². The van der Waals surface area contributed by atoms with Crippen LogP contribution >= 0.6 is 0 Å². The molecule has 0 aliphatic carbocycles. The smallest absolute Gasteiger partial charge is 0.294 e. The molecule has 4 aromatic carbocycles. The highest BCUT2D eigenvalue weighted by atomic mass is 32.2. The second-order valence-corrected chi connectivity index (χ2v) is 24.0. The van der Waals surface area contributed by atoms with Crippen LogP contribution in [0.25, 0.3) is 11.2 Å². The number of fused-ring (bicyclic) bond motifs is 4. The van der Waals surface area contributed by atoms with Gasteiger partial charge in [-0.25, -0.2) is 4.98 Å². The molecule has 0 saturated heterocycles. The van der Waals surface area contributed by atoms with Gasteiger partial charge in [0.05, 0.1) is 16.6 Å². The molecule has 0 fully saturated rings. The van der Waals surface area contributed by atoms with Crippen molar-refractivity contribution in [3.8, 4) is 17.4 Å². The van der Waals surface area contributed by atoms with E-state index in [2.05, 4.69) is 111 Å². The lowest BCUT2D eigenvalue weighted by atomic mass is 9.81. The van der Waals surface area contributed by atoms with Crippen LogP contribution < -0.4 is 30.7 Å². The summed E-state index contributed by atoms with van der Waals surface area (Å²) in [5.41, 5.74) is 17.5. The largest absolute Gasteiger partial charge is 0.507 e. The Morgan fingerprint density at radius 1 is 0.875 bits per heavy atom. The number of imidazole rings is 1. The number of benzene rings is 4. The molecule has 0 saturated carbocycles. The number of amides is 2. The van der Waals surface area contributed by atoms with Gasteiger partial charge in [0.15, 0.2) is 17.0 Å². The van der Waals surface area contributed by atoms with Crippen LogP contribution in [-0.4, -0.2) is 85.3 Å². The molecule has 3 aliphatic rings. The quantitative estimate of drug-likeness (QED) is 0.0181. The van der Waals surface area contributed by atoms with Crippen LogP contribution in [-0.2, 0) is 50.1 Å². The normalized spacial score (nSPS) is 17.8. The number of nitrogen functional groups attached to an aromatic ring is 1. The molecule has 9 rings (SSSR count). The number of aryl methyl sites for hydroxylation is 1. The summed E-state index contributed by atoms with van der Waals surface area (Å²) in [5.74, 6) is 1.20. The molecular formula is C62H74N9O8S+. The van der Waals surface area contributed by atoms with E-state index in [-0.39, 0.29) is 40.4 Å². The number of hydrogen-bond acceptors (Lipinski definition) is 12. The van der Waals surface area contributed by atoms with E-state index in [4.69, 9.17) is 15.2 Å². The number of aromatic hydroxyl groups is 1. The minimum absolute atomic E-state index is 0.0348. The zero-order valence-electron chi connectivity index (χ0n) is 47.3. The molecule has 0 radical (unpaired) electrons. The van der Waals surface area contributed by atoms with Crippen LogP contribution in [0, 0.1) is 27.7 Å². The first-order valence-corrected chi connectivity index (χ1v) is 28.9. The van der Waals surface area contributed by atoms with Crippen molar-refractivity contribution in [3.63, 3.8) is 0 Å². The lowest BCUT2D eigenvalue weighted by molar-refractivity contribution is -0.438. The number of allylic oxidation sites excluding steroid dienone is 6. The van der Waals surface area contributed by atoms with E-state index < -0.39 is 21.1 Å². The first kappa shape index (κ1) is 56.9. The predicted octanol–water partition coefficient (Wildman–Crippen LogP) is 10.0. The standard InChI is InChI=1S/C62H73N9O8S/c1-38-20-26-48-46(33-38)60(5,6)50(71(48)32-16-30-64-58(74)62(9)29-28-45-41(4)54(73)39(2)40(3)55(45)79-62)17-12-10-13-18-51-61(7,8)47-34-44(80(75,76)77)25-27-49(47)70(51)31-15-11-14-19-52(72)65-35-42-21-23-43(24-22-42)36-78-57-53-56(67-37-66-53)68-59(63)69-57/h10,12-13,17-18,20-27,33-34,37H,11,14-16,19,28-32,35-36H2,1-9H3,(H6-,63,64,65,66,67,68,69,72,73,74,75,76,77)/p+1. The molecule has 420 valence electrons. The van der Waals surface area contributed by atoms with Crippen molar-refractivity contribution in [2.45, 2.75) is 142 Å². The summed E-state index contributed by atoms with van der Waals surface area (Å²) in [6, 6.07) is 19.1. The van der Waals surface area contributed by atoms with Crippen molar-refractivity contribution in [1.29, 1.82) is 0 Å². The van der Waals surface area contributed by atoms with Crippen molar-refractivity contribution in [3.05, 3.63) is 153 Å². The number of unbranched alkanes of at least 4 members (excludes halogenated alkanes) is 2. The summed E-state index contributed by atoms with van der Waals surface area (Å²) in [6.07, 6.45) is 16.3. The Bertz CT molecular complexity index is 3630. The molecule has 2 aromatic heterocycles. The van der Waals surface area contributed by atoms with Crippen LogP contribution in [0.5, 0.6) is 17.4 Å². The van der Waals surface area contributed by atoms with Gasteiger partial charge >= 0.3 is 0 Å². The lowest BCUT2D eigenvalue weighted by Crippen LogP contribution is -2.51. The topological polar surface area (TPSA) is 238 Å². The molecule has 0 bridgehead atoms. The summed E-state index contributed by atoms with van der Waals surface area (Å²) >= 11 is 0. The van der Waals surface area contributed by atoms with Gasteiger partial charge in [-0.2, -0.15) is 23.0 Å². The summed E-state index contributed by atoms with van der Waals surface area (Å²) in [4.78, 5) is 44.3. The van der Waals surface area contributed by atoms with Crippen molar-refractivity contribution in [1.82, 2.24) is 30.6 Å². The van der Waals surface area contributed by atoms with E-state index in [9.17, 15) is 27.7 Å². The minimum Gasteiger partial charge on any atom is -0.507 e. The minimum atomic E-state index is -4.44. The van der Waals surface area contributed by atoms with E-state index in [1.807, 2.05) is 64.1 Å². The molecule has 2 amide bonds. The predicted molar refractivity (Wildman–Crippen MR) is 311 cm³/mol. The number of aromatic amines is 1. The number of ether oxygens (including phenoxy) is 2. The van der Waals surface area contributed by atoms with Crippen LogP contribution in [0.15, 0.2) is 108 Å². The number of nitrogens with two attached hydrogens (primary N) is 1. The second kappa shape index (κ2) is 22.7. The van der Waals surface area contributed by atoms with E-state index >= 15 is 0 Å². The maximum Gasteiger partial charge on any atom is 0.294 e. The van der Waals surface area contributed by atoms with Gasteiger partial charge in [0.25, 0.3) is 16.0 Å². The number of aromatic nitrogens is 4. The maximum absolute atomic E-state index is 13.8. The fourth-order valence-electron chi connectivity index (χ4n) is 11.3. The Morgan fingerprint density at radius 3 is 2.40 bits per heavy atom. The molecule has 7 N–H and O–H groups in total. The third-order valence-electron chi connectivity index (χ3n) is 16.2. The first-order valence-electron chi connectivity index (χ1n) is 27.4. The second-order valence-electron chi connectivity index (χ2n) is 22.6. The first-order chi connectivity index (χ1) is 38.0. The van der Waals surface area contributed by atoms with Gasteiger partial charge in [-0.1, -0.05) is 74.0 Å². The number of phenols is 1. The van der Waals surface area contributed by atoms with E-state index in [0.29, 0.717) is 81.1 Å². The molecule has 6 aromatic rings. The highest BCUT2D eigenvalue weighted by molar-refractivity contribution is 7.85. The van der Waals surface area contributed by atoms with Crippen molar-refractivity contribution in [2.24, 2.45) is 0 Å². The van der Waals surface area contributed by atoms with Gasteiger partial charge in [0.2, 0.25) is 23.4 Å². The average Bonchev–Trinajstić information content (AvgIpc) is 4.16. The van der Waals surface area contributed by atoms with Gasteiger partial charge in [-0.15, -0.1) is 0 Å². The molecule has 18 heteroatoms. The Balaban J connectivity index is 0.822. The van der Waals surface area contributed by atoms with E-state index in [0.717, 1.165) is 74.6 Å². The molecule has 1 unspecified atom stereocenters. The molecular weight excluding hydrogens is 1030 g/mol. The van der Waals surface area contributed by atoms with Gasteiger partial charge < -0.3 is 40.8 Å². The van der Waals surface area contributed by atoms with Crippen LogP contribution in [0.1, 0.15) is 123 Å². The molecule has 1 atom stereocenters. The van der Waals surface area contributed by atoms with Crippen LogP contribution in [0.4, 0.5) is 17.3 Å². The average molecular weight is 1110 g/mol. The zero-order valence-corrected chi connectivity index (χ0v) is 48.1. The highest BCUT2D eigenvalue weighted by Crippen LogP contribution is 2.49. The fraction of sp³-hybridized carbons (Fsp3) is 0.387. The van der Waals surface area contributed by atoms with E-state index in [1.54, 1.807) is 12.1 Å². The van der Waals surface area contributed by atoms with Gasteiger partial charge in [0.1, 0.15) is 30.2 Å². The molecule has 80 heavy (non-hydrogen) atoms. The number of H-pyrrole nitrogens is 1. The SMILES string of the molecule is Cc1ccc2c(c1)C(C)(C)C(=CC=CC=CC1=[N+](CCCCCC(=O)NCc3ccc(COc4nc(N)nc5nc[nH]c45)cc3)c3ccc(S(=O)(=O)O)cc3C1(C)C)N2CCCNC(=O)C1(C)CCc2c(C)c(O)c(C)c(C)c2O1. The summed E-state index contributed by atoms with van der Waals surface area (Å²) in [6.45, 7) is 20.7. The van der Waals surface area contributed by atoms with Gasteiger partial charge in [-0.05, 0) is 132 Å². The van der Waals surface area contributed by atoms with E-state index in [1.165, 1.54) is 23.5 Å². The number of anilines is 2. The van der Waals surface area contributed by atoms with Crippen LogP contribution in [0.2, 0.25) is 0 Å². The Morgan fingerprint density at radius 2 is 1.64 bits per heavy atom. The summed E-state index contributed by atoms with van der Waals surface area (Å²) in [5, 5.41) is 16.9. The number of rotatable bonds is 20. The molecule has 0 spiro atoms. The Hall–Kier alpha value is -7.83. The van der Waals surface area contributed by atoms with Crippen molar-refractivity contribution in [2.75, 3.05) is 30.3 Å². The third kappa shape index (κ3) is 11.6. The molecule has 5 heterocycles. The number of nitrogens with one attached hydrogen (secondary N) is 3. The van der Waals surface area contributed by atoms with Crippen LogP contribution in [0.3, 0.4) is 0 Å². The fourth-order valence-corrected chi connectivity index (χ4v) is 11.8. The lowest BCUT2D eigenvalue weighted by Gasteiger charge is -2.36. The zero-order chi connectivity index (χ0) is 57.3. The number of phenolic OH excluding ortho intramolecular Hbond substituents is 1. The van der Waals surface area contributed by atoms with Crippen molar-refractivity contribution >= 4 is 56.1 Å². The Kier molecular flexibility index (Phi) is 16.2.